The van der Waals surface area contributed by atoms with Crippen molar-refractivity contribution in [3.05, 3.63) is 18.1 Å². The minimum absolute atomic E-state index is 0.598. The second-order valence-electron chi connectivity index (χ2n) is 5.18. The Morgan fingerprint density at radius 3 is 2.74 bits per heavy atom. The fourth-order valence-corrected chi connectivity index (χ4v) is 2.29. The standard InChI is InChI=1S/C14H24N4O/c1-11(12-4-5-12)18(6-7-19-3)10-13-8-17-14(15-2)9-16-13/h8-9,11-12H,4-7,10H2,1-3H3,(H,15,17). The molecule has 5 nitrogen and oxygen atoms in total. The Labute approximate surface area is 115 Å². The molecule has 0 bridgehead atoms. The first-order chi connectivity index (χ1) is 9.24. The van der Waals surface area contributed by atoms with Crippen LogP contribution in [0.15, 0.2) is 12.4 Å². The van der Waals surface area contributed by atoms with Gasteiger partial charge in [0.15, 0.2) is 0 Å². The smallest absolute Gasteiger partial charge is 0.144 e. The lowest BCUT2D eigenvalue weighted by atomic mass is 10.1. The summed E-state index contributed by atoms with van der Waals surface area (Å²) in [5, 5.41) is 2.99. The summed E-state index contributed by atoms with van der Waals surface area (Å²) in [6.45, 7) is 4.86. The van der Waals surface area contributed by atoms with Crippen molar-refractivity contribution in [3.8, 4) is 0 Å². The molecule has 19 heavy (non-hydrogen) atoms. The van der Waals surface area contributed by atoms with Gasteiger partial charge in [0.05, 0.1) is 24.7 Å². The van der Waals surface area contributed by atoms with Crippen LogP contribution in [0, 0.1) is 5.92 Å². The van der Waals surface area contributed by atoms with Crippen molar-refractivity contribution in [2.24, 2.45) is 5.92 Å². The molecule has 1 saturated carbocycles. The highest BCUT2D eigenvalue weighted by atomic mass is 16.5. The lowest BCUT2D eigenvalue weighted by Gasteiger charge is -2.28. The molecule has 1 heterocycles. The van der Waals surface area contributed by atoms with E-state index in [0.29, 0.717) is 6.04 Å². The van der Waals surface area contributed by atoms with Crippen molar-refractivity contribution in [1.29, 1.82) is 0 Å². The van der Waals surface area contributed by atoms with E-state index in [1.807, 2.05) is 13.2 Å². The second-order valence-corrected chi connectivity index (χ2v) is 5.18. The van der Waals surface area contributed by atoms with Crippen LogP contribution in [0.1, 0.15) is 25.5 Å². The number of nitrogens with zero attached hydrogens (tertiary/aromatic N) is 3. The molecule has 1 aromatic rings. The van der Waals surface area contributed by atoms with E-state index in [9.17, 15) is 0 Å². The Balaban J connectivity index is 1.96. The normalized spacial score (nSPS) is 16.6. The summed E-state index contributed by atoms with van der Waals surface area (Å²) in [5.74, 6) is 1.66. The highest BCUT2D eigenvalue weighted by Gasteiger charge is 2.31. The van der Waals surface area contributed by atoms with Crippen LogP contribution in [-0.4, -0.2) is 48.2 Å². The largest absolute Gasteiger partial charge is 0.383 e. The first-order valence-corrected chi connectivity index (χ1v) is 6.96. The average molecular weight is 264 g/mol. The van der Waals surface area contributed by atoms with E-state index < -0.39 is 0 Å². The average Bonchev–Trinajstić information content (AvgIpc) is 3.28. The van der Waals surface area contributed by atoms with Crippen LogP contribution < -0.4 is 5.32 Å². The first-order valence-electron chi connectivity index (χ1n) is 6.96. The van der Waals surface area contributed by atoms with Crippen LogP contribution in [0.5, 0.6) is 0 Å². The quantitative estimate of drug-likeness (QED) is 0.775. The van der Waals surface area contributed by atoms with Gasteiger partial charge in [0.1, 0.15) is 5.82 Å². The Hall–Kier alpha value is -1.20. The van der Waals surface area contributed by atoms with Crippen LogP contribution in [0.3, 0.4) is 0 Å². The van der Waals surface area contributed by atoms with Gasteiger partial charge in [0.2, 0.25) is 0 Å². The molecule has 0 aliphatic heterocycles. The maximum Gasteiger partial charge on any atom is 0.144 e. The zero-order chi connectivity index (χ0) is 13.7. The van der Waals surface area contributed by atoms with Gasteiger partial charge in [-0.25, -0.2) is 4.98 Å². The summed E-state index contributed by atoms with van der Waals surface area (Å²) < 4.78 is 5.21. The van der Waals surface area contributed by atoms with Gasteiger partial charge in [0.25, 0.3) is 0 Å². The molecule has 0 amide bonds. The van der Waals surface area contributed by atoms with Crippen molar-refractivity contribution in [1.82, 2.24) is 14.9 Å². The molecule has 0 saturated heterocycles. The molecule has 1 aliphatic carbocycles. The van der Waals surface area contributed by atoms with E-state index in [1.165, 1.54) is 12.8 Å². The number of hydrogen-bond donors (Lipinski definition) is 1. The Bertz CT molecular complexity index is 378. The predicted octanol–water partition coefficient (Wildman–Crippen LogP) is 1.77. The van der Waals surface area contributed by atoms with Gasteiger partial charge >= 0.3 is 0 Å². The lowest BCUT2D eigenvalue weighted by molar-refractivity contribution is 0.110. The number of ether oxygens (including phenoxy) is 1. The number of aromatic nitrogens is 2. The SMILES string of the molecule is CNc1cnc(CN(CCOC)C(C)C2CC2)cn1. The molecule has 2 rings (SSSR count). The summed E-state index contributed by atoms with van der Waals surface area (Å²) in [4.78, 5) is 11.2. The van der Waals surface area contributed by atoms with Crippen LogP contribution in [0.25, 0.3) is 0 Å². The molecule has 106 valence electrons. The summed E-state index contributed by atoms with van der Waals surface area (Å²) in [5.41, 5.74) is 1.02. The highest BCUT2D eigenvalue weighted by Crippen LogP contribution is 2.35. The summed E-state index contributed by atoms with van der Waals surface area (Å²) in [7, 11) is 3.60. The minimum Gasteiger partial charge on any atom is -0.383 e. The second kappa shape index (κ2) is 6.82. The van der Waals surface area contributed by atoms with Gasteiger partial charge in [-0.2, -0.15) is 0 Å². The first kappa shape index (κ1) is 14.2. The van der Waals surface area contributed by atoms with Crippen molar-refractivity contribution in [2.45, 2.75) is 32.4 Å². The van der Waals surface area contributed by atoms with E-state index in [2.05, 4.69) is 27.1 Å². The topological polar surface area (TPSA) is 50.3 Å². The number of methoxy groups -OCH3 is 1. The molecule has 1 aromatic heterocycles. The molecule has 0 spiro atoms. The molecule has 5 heteroatoms. The van der Waals surface area contributed by atoms with Gasteiger partial charge in [-0.05, 0) is 25.7 Å². The third kappa shape index (κ3) is 4.14. The Morgan fingerprint density at radius 1 is 1.42 bits per heavy atom. The third-order valence-corrected chi connectivity index (χ3v) is 3.79. The fourth-order valence-electron chi connectivity index (χ4n) is 2.29. The zero-order valence-corrected chi connectivity index (χ0v) is 12.1. The summed E-state index contributed by atoms with van der Waals surface area (Å²) in [6.07, 6.45) is 6.35. The van der Waals surface area contributed by atoms with E-state index in [1.54, 1.807) is 13.3 Å². The lowest BCUT2D eigenvalue weighted by Crippen LogP contribution is -2.36. The number of hydrogen-bond acceptors (Lipinski definition) is 5. The molecule has 1 aliphatic rings. The molecular weight excluding hydrogens is 240 g/mol. The van der Waals surface area contributed by atoms with Crippen molar-refractivity contribution in [3.63, 3.8) is 0 Å². The van der Waals surface area contributed by atoms with Gasteiger partial charge in [-0.15, -0.1) is 0 Å². The van der Waals surface area contributed by atoms with E-state index in [-0.39, 0.29) is 0 Å². The van der Waals surface area contributed by atoms with Gasteiger partial charge < -0.3 is 10.1 Å². The maximum absolute atomic E-state index is 5.21. The van der Waals surface area contributed by atoms with E-state index >= 15 is 0 Å². The Kier molecular flexibility index (Phi) is 5.10. The molecule has 1 atom stereocenters. The molecule has 0 radical (unpaired) electrons. The number of anilines is 1. The maximum atomic E-state index is 5.21. The van der Waals surface area contributed by atoms with Crippen molar-refractivity contribution < 1.29 is 4.74 Å². The number of rotatable bonds is 8. The zero-order valence-electron chi connectivity index (χ0n) is 12.1. The third-order valence-electron chi connectivity index (χ3n) is 3.79. The molecule has 1 fully saturated rings. The highest BCUT2D eigenvalue weighted by molar-refractivity contribution is 5.29. The van der Waals surface area contributed by atoms with Crippen molar-refractivity contribution >= 4 is 5.82 Å². The molecule has 1 unspecified atom stereocenters. The molecule has 0 aromatic carbocycles. The predicted molar refractivity (Wildman–Crippen MR) is 76.1 cm³/mol. The van der Waals surface area contributed by atoms with Crippen LogP contribution in [0.4, 0.5) is 5.82 Å². The van der Waals surface area contributed by atoms with Gasteiger partial charge in [0, 0.05) is 33.3 Å². The van der Waals surface area contributed by atoms with Crippen molar-refractivity contribution in [2.75, 3.05) is 32.6 Å². The van der Waals surface area contributed by atoms with E-state index in [0.717, 1.165) is 37.1 Å². The van der Waals surface area contributed by atoms with Gasteiger partial charge in [-0.3, -0.25) is 9.88 Å². The Morgan fingerprint density at radius 2 is 2.21 bits per heavy atom. The fraction of sp³-hybridized carbons (Fsp3) is 0.714. The number of nitrogens with one attached hydrogen (secondary N) is 1. The molecular formula is C14H24N4O. The minimum atomic E-state index is 0.598. The summed E-state index contributed by atoms with van der Waals surface area (Å²) >= 11 is 0. The van der Waals surface area contributed by atoms with Crippen LogP contribution in [-0.2, 0) is 11.3 Å². The summed E-state index contributed by atoms with van der Waals surface area (Å²) in [6, 6.07) is 0.598. The van der Waals surface area contributed by atoms with Crippen LogP contribution in [0.2, 0.25) is 0 Å². The van der Waals surface area contributed by atoms with Crippen LogP contribution >= 0.6 is 0 Å². The monoisotopic (exact) mass is 264 g/mol. The van der Waals surface area contributed by atoms with E-state index in [4.69, 9.17) is 4.74 Å². The molecule has 1 N–H and O–H groups in total. The van der Waals surface area contributed by atoms with Gasteiger partial charge in [-0.1, -0.05) is 0 Å².